The van der Waals surface area contributed by atoms with Crippen molar-refractivity contribution in [2.24, 2.45) is 16.7 Å². The lowest BCUT2D eigenvalue weighted by atomic mass is 9.88. The Hall–Kier alpha value is -1.52. The predicted octanol–water partition coefficient (Wildman–Crippen LogP) is 6.41. The number of piperidine rings is 1. The van der Waals surface area contributed by atoms with Gasteiger partial charge in [0.2, 0.25) is 0 Å². The molecule has 1 atom stereocenters. The Morgan fingerprint density at radius 2 is 1.90 bits per heavy atom. The number of nitrogens with zero attached hydrogens (tertiary/aromatic N) is 3. The van der Waals surface area contributed by atoms with Gasteiger partial charge in [0.15, 0.2) is 0 Å². The first kappa shape index (κ1) is 21.7. The van der Waals surface area contributed by atoms with Crippen LogP contribution in [-0.4, -0.2) is 34.7 Å². The standard InChI is InChI=1S/C25H33ClFN3/c1-24(2,3)10-13-30-14-11-25(12-15-30)17-18(25)4-6-20-7-9-23(29-28-20)21-16-19(27)5-8-22(21)26/h5,7-9,16,18H,4,6,10-15,17H2,1-3H3. The highest BCUT2D eigenvalue weighted by atomic mass is 35.5. The molecule has 1 unspecified atom stereocenters. The molecule has 1 aromatic carbocycles. The summed E-state index contributed by atoms with van der Waals surface area (Å²) in [6.07, 6.45) is 7.51. The van der Waals surface area contributed by atoms with Gasteiger partial charge in [-0.3, -0.25) is 0 Å². The molecule has 0 bridgehead atoms. The molecule has 30 heavy (non-hydrogen) atoms. The summed E-state index contributed by atoms with van der Waals surface area (Å²) in [6.45, 7) is 10.7. The van der Waals surface area contributed by atoms with Gasteiger partial charge in [0.05, 0.1) is 16.4 Å². The van der Waals surface area contributed by atoms with Gasteiger partial charge >= 0.3 is 0 Å². The molecule has 1 aliphatic carbocycles. The number of halogens is 2. The van der Waals surface area contributed by atoms with Crippen LogP contribution >= 0.6 is 11.6 Å². The van der Waals surface area contributed by atoms with E-state index in [1.807, 2.05) is 12.1 Å². The molecule has 1 aromatic heterocycles. The van der Waals surface area contributed by atoms with Crippen LogP contribution < -0.4 is 0 Å². The fourth-order valence-corrected chi connectivity index (χ4v) is 5.04. The van der Waals surface area contributed by atoms with Crippen LogP contribution in [0, 0.1) is 22.6 Å². The van der Waals surface area contributed by atoms with E-state index in [4.69, 9.17) is 11.6 Å². The first-order valence-corrected chi connectivity index (χ1v) is 11.6. The second-order valence-corrected chi connectivity index (χ2v) is 10.9. The van der Waals surface area contributed by atoms with E-state index >= 15 is 0 Å². The molecule has 4 rings (SSSR count). The Labute approximate surface area is 185 Å². The van der Waals surface area contributed by atoms with Gasteiger partial charge in [0.25, 0.3) is 0 Å². The molecule has 2 fully saturated rings. The Morgan fingerprint density at radius 1 is 1.13 bits per heavy atom. The van der Waals surface area contributed by atoms with E-state index < -0.39 is 0 Å². The molecule has 2 aliphatic rings. The minimum absolute atomic E-state index is 0.316. The number of likely N-dealkylation sites (tertiary alicyclic amines) is 1. The molecule has 2 heterocycles. The van der Waals surface area contributed by atoms with Crippen molar-refractivity contribution in [1.29, 1.82) is 0 Å². The van der Waals surface area contributed by atoms with E-state index in [1.54, 1.807) is 6.07 Å². The molecule has 1 saturated heterocycles. The quantitative estimate of drug-likeness (QED) is 0.531. The van der Waals surface area contributed by atoms with Crippen LogP contribution in [-0.2, 0) is 6.42 Å². The average molecular weight is 430 g/mol. The van der Waals surface area contributed by atoms with Crippen LogP contribution in [0.25, 0.3) is 11.3 Å². The minimum atomic E-state index is -0.316. The normalized spacial score (nSPS) is 21.2. The maximum Gasteiger partial charge on any atom is 0.123 e. The van der Waals surface area contributed by atoms with Crippen molar-refractivity contribution in [3.8, 4) is 11.3 Å². The van der Waals surface area contributed by atoms with Gasteiger partial charge in [-0.1, -0.05) is 32.4 Å². The molecular formula is C25H33ClFN3. The van der Waals surface area contributed by atoms with Crippen LogP contribution in [0.3, 0.4) is 0 Å². The van der Waals surface area contributed by atoms with Crippen LogP contribution in [0.15, 0.2) is 30.3 Å². The molecule has 3 nitrogen and oxygen atoms in total. The highest BCUT2D eigenvalue weighted by molar-refractivity contribution is 6.33. The first-order valence-electron chi connectivity index (χ1n) is 11.2. The fraction of sp³-hybridized carbons (Fsp3) is 0.600. The van der Waals surface area contributed by atoms with E-state index in [1.165, 1.54) is 63.9 Å². The lowest BCUT2D eigenvalue weighted by Crippen LogP contribution is -2.37. The second-order valence-electron chi connectivity index (χ2n) is 10.5. The fourth-order valence-electron chi connectivity index (χ4n) is 4.82. The predicted molar refractivity (Wildman–Crippen MR) is 121 cm³/mol. The van der Waals surface area contributed by atoms with E-state index in [0.717, 1.165) is 18.0 Å². The molecule has 2 aromatic rings. The molecule has 0 amide bonds. The Morgan fingerprint density at radius 3 is 2.57 bits per heavy atom. The van der Waals surface area contributed by atoms with Gasteiger partial charge in [-0.2, -0.15) is 10.2 Å². The zero-order valence-corrected chi connectivity index (χ0v) is 19.2. The lowest BCUT2D eigenvalue weighted by molar-refractivity contribution is 0.145. The molecule has 1 aliphatic heterocycles. The van der Waals surface area contributed by atoms with Crippen LogP contribution in [0.1, 0.15) is 58.6 Å². The second kappa shape index (κ2) is 8.55. The minimum Gasteiger partial charge on any atom is -0.303 e. The third-order valence-electron chi connectivity index (χ3n) is 7.06. The molecular weight excluding hydrogens is 397 g/mol. The van der Waals surface area contributed by atoms with Crippen LogP contribution in [0.2, 0.25) is 5.02 Å². The number of hydrogen-bond acceptors (Lipinski definition) is 3. The monoisotopic (exact) mass is 429 g/mol. The summed E-state index contributed by atoms with van der Waals surface area (Å²) in [5.41, 5.74) is 3.24. The topological polar surface area (TPSA) is 29.0 Å². The summed E-state index contributed by atoms with van der Waals surface area (Å²) in [7, 11) is 0. The number of aromatic nitrogens is 2. The summed E-state index contributed by atoms with van der Waals surface area (Å²) in [6, 6.07) is 8.23. The van der Waals surface area contributed by atoms with Gasteiger partial charge in [0.1, 0.15) is 5.82 Å². The first-order chi connectivity index (χ1) is 14.2. The maximum absolute atomic E-state index is 13.5. The van der Waals surface area contributed by atoms with Crippen molar-refractivity contribution in [3.05, 3.63) is 46.9 Å². The smallest absolute Gasteiger partial charge is 0.123 e. The van der Waals surface area contributed by atoms with Gasteiger partial charge in [-0.25, -0.2) is 4.39 Å². The van der Waals surface area contributed by atoms with Gasteiger partial charge in [0, 0.05) is 5.56 Å². The van der Waals surface area contributed by atoms with Crippen molar-refractivity contribution < 1.29 is 4.39 Å². The summed E-state index contributed by atoms with van der Waals surface area (Å²) in [4.78, 5) is 2.66. The summed E-state index contributed by atoms with van der Waals surface area (Å²) >= 11 is 6.18. The Bertz CT molecular complexity index is 867. The van der Waals surface area contributed by atoms with Crippen molar-refractivity contribution in [3.63, 3.8) is 0 Å². The van der Waals surface area contributed by atoms with E-state index in [0.29, 0.717) is 27.1 Å². The number of benzene rings is 1. The van der Waals surface area contributed by atoms with E-state index in [9.17, 15) is 4.39 Å². The summed E-state index contributed by atoms with van der Waals surface area (Å²) < 4.78 is 13.5. The van der Waals surface area contributed by atoms with Gasteiger partial charge < -0.3 is 4.90 Å². The highest BCUT2D eigenvalue weighted by Gasteiger charge is 2.53. The highest BCUT2D eigenvalue weighted by Crippen LogP contribution is 2.61. The van der Waals surface area contributed by atoms with Crippen molar-refractivity contribution in [1.82, 2.24) is 15.1 Å². The van der Waals surface area contributed by atoms with Crippen LogP contribution in [0.5, 0.6) is 0 Å². The zero-order chi connectivity index (χ0) is 21.4. The van der Waals surface area contributed by atoms with E-state index in [2.05, 4.69) is 35.9 Å². The maximum atomic E-state index is 13.5. The largest absolute Gasteiger partial charge is 0.303 e. The number of rotatable bonds is 6. The molecule has 162 valence electrons. The SMILES string of the molecule is CC(C)(C)CCN1CCC2(CC1)CC2CCc1ccc(-c2cc(F)ccc2Cl)nn1. The Kier molecular flexibility index (Phi) is 6.18. The summed E-state index contributed by atoms with van der Waals surface area (Å²) in [5.74, 6) is 0.519. The summed E-state index contributed by atoms with van der Waals surface area (Å²) in [5, 5.41) is 9.17. The van der Waals surface area contributed by atoms with Gasteiger partial charge in [-0.05, 0) is 105 Å². The number of hydrogen-bond donors (Lipinski definition) is 0. The third kappa shape index (κ3) is 5.20. The number of aryl methyl sites for hydroxylation is 1. The lowest BCUT2D eigenvalue weighted by Gasteiger charge is -2.34. The van der Waals surface area contributed by atoms with E-state index in [-0.39, 0.29) is 5.82 Å². The molecule has 0 radical (unpaired) electrons. The van der Waals surface area contributed by atoms with Crippen LogP contribution in [0.4, 0.5) is 4.39 Å². The van der Waals surface area contributed by atoms with Crippen molar-refractivity contribution in [2.45, 2.75) is 59.3 Å². The average Bonchev–Trinajstić information content (AvgIpc) is 3.39. The molecule has 0 N–H and O–H groups in total. The van der Waals surface area contributed by atoms with Gasteiger partial charge in [-0.15, -0.1) is 0 Å². The zero-order valence-electron chi connectivity index (χ0n) is 18.4. The molecule has 1 spiro atoms. The molecule has 5 heteroatoms. The Balaban J connectivity index is 1.25. The van der Waals surface area contributed by atoms with Crippen molar-refractivity contribution >= 4 is 11.6 Å². The van der Waals surface area contributed by atoms with Crippen molar-refractivity contribution in [2.75, 3.05) is 19.6 Å². The third-order valence-corrected chi connectivity index (χ3v) is 7.39. The molecule has 1 saturated carbocycles.